The number of carbonyl (C=O) groups excluding carboxylic acids is 2. The zero-order valence-electron chi connectivity index (χ0n) is 25.0. The predicted molar refractivity (Wildman–Crippen MR) is 168 cm³/mol. The molecule has 46 heavy (non-hydrogen) atoms. The zero-order chi connectivity index (χ0) is 31.8. The predicted octanol–water partition coefficient (Wildman–Crippen LogP) is 4.79. The monoisotopic (exact) mass is 621 g/mol. The standard InChI is InChI=1S/C35H31N3O8/c1-43-30-12-7-22-18-31(30)44-16-4-14-36-34(41)26-19-24(9-11-28(26)39)45-23-8-10-25-21(17-23)13-15-37(33(22)25)32(40)20-38-27-5-2-3-6-29(27)46-35(38)42/h2-3,5-12,17-19,33,39H,4,13-16,20H2,1H3,(H,36,41). The van der Waals surface area contributed by atoms with E-state index >= 15 is 0 Å². The highest BCUT2D eigenvalue weighted by atomic mass is 16.5. The molecule has 0 saturated heterocycles. The Bertz CT molecular complexity index is 2030. The number of carbonyl (C=O) groups is 2. The highest BCUT2D eigenvalue weighted by Gasteiger charge is 2.34. The molecule has 0 radical (unpaired) electrons. The Labute approximate surface area is 263 Å². The molecule has 8 bridgehead atoms. The summed E-state index contributed by atoms with van der Waals surface area (Å²) in [5.41, 5.74) is 3.77. The van der Waals surface area contributed by atoms with Crippen LogP contribution in [-0.2, 0) is 17.8 Å². The lowest BCUT2D eigenvalue weighted by molar-refractivity contribution is -0.134. The average Bonchev–Trinajstić information content (AvgIpc) is 3.38. The number of aromatic nitrogens is 1. The Morgan fingerprint density at radius 1 is 1.02 bits per heavy atom. The van der Waals surface area contributed by atoms with Crippen molar-refractivity contribution in [3.63, 3.8) is 0 Å². The maximum Gasteiger partial charge on any atom is 0.420 e. The van der Waals surface area contributed by atoms with E-state index in [0.717, 1.165) is 16.7 Å². The molecule has 0 spiro atoms. The van der Waals surface area contributed by atoms with Gasteiger partial charge in [0.15, 0.2) is 17.1 Å². The van der Waals surface area contributed by atoms with Gasteiger partial charge in [0, 0.05) is 13.1 Å². The molecule has 0 saturated carbocycles. The van der Waals surface area contributed by atoms with Crippen LogP contribution in [0, 0.1) is 0 Å². The minimum Gasteiger partial charge on any atom is -0.507 e. The zero-order valence-corrected chi connectivity index (χ0v) is 25.0. The van der Waals surface area contributed by atoms with E-state index in [2.05, 4.69) is 5.32 Å². The highest BCUT2D eigenvalue weighted by molar-refractivity contribution is 5.97. The first-order valence-corrected chi connectivity index (χ1v) is 15.0. The van der Waals surface area contributed by atoms with Gasteiger partial charge in [-0.1, -0.05) is 24.3 Å². The number of amides is 2. The largest absolute Gasteiger partial charge is 0.507 e. The van der Waals surface area contributed by atoms with Crippen molar-refractivity contribution < 1.29 is 33.3 Å². The molecule has 3 aliphatic heterocycles. The molecule has 3 aliphatic rings. The summed E-state index contributed by atoms with van der Waals surface area (Å²) in [5, 5.41) is 13.2. The molecule has 2 N–H and O–H groups in total. The topological polar surface area (TPSA) is 132 Å². The summed E-state index contributed by atoms with van der Waals surface area (Å²) in [7, 11) is 1.56. The van der Waals surface area contributed by atoms with Crippen molar-refractivity contribution >= 4 is 22.9 Å². The van der Waals surface area contributed by atoms with Gasteiger partial charge in [-0.05, 0) is 84.1 Å². The number of methoxy groups -OCH3 is 1. The van der Waals surface area contributed by atoms with Crippen molar-refractivity contribution in [2.75, 3.05) is 26.8 Å². The van der Waals surface area contributed by atoms with Crippen molar-refractivity contribution in [3.8, 4) is 28.7 Å². The third kappa shape index (κ3) is 5.40. The fraction of sp³-hybridized carbons (Fsp3) is 0.229. The van der Waals surface area contributed by atoms with Crippen molar-refractivity contribution in [1.82, 2.24) is 14.8 Å². The molecule has 8 rings (SSSR count). The van der Waals surface area contributed by atoms with E-state index in [0.29, 0.717) is 60.0 Å². The van der Waals surface area contributed by atoms with Crippen LogP contribution < -0.4 is 25.3 Å². The summed E-state index contributed by atoms with van der Waals surface area (Å²) in [5.74, 6) is 0.560. The number of phenolic OH excluding ortho intramolecular Hbond substituents is 1. The van der Waals surface area contributed by atoms with E-state index in [1.807, 2.05) is 36.4 Å². The molecule has 4 heterocycles. The normalized spacial score (nSPS) is 16.2. The summed E-state index contributed by atoms with van der Waals surface area (Å²) < 4.78 is 24.6. The van der Waals surface area contributed by atoms with Crippen LogP contribution in [0.15, 0.2) is 88.1 Å². The molecule has 0 aliphatic carbocycles. The number of rotatable bonds is 3. The molecule has 1 unspecified atom stereocenters. The molecular weight excluding hydrogens is 590 g/mol. The molecule has 11 nitrogen and oxygen atoms in total. The van der Waals surface area contributed by atoms with Gasteiger partial charge >= 0.3 is 5.76 Å². The molecule has 1 atom stereocenters. The number of phenols is 1. The van der Waals surface area contributed by atoms with Gasteiger partial charge in [-0.2, -0.15) is 0 Å². The van der Waals surface area contributed by atoms with Crippen LogP contribution in [0.1, 0.15) is 39.5 Å². The first kappa shape index (κ1) is 29.0. The summed E-state index contributed by atoms with van der Waals surface area (Å²) in [6, 6.07) is 22.3. The van der Waals surface area contributed by atoms with Gasteiger partial charge in [0.25, 0.3) is 5.91 Å². The fourth-order valence-electron chi connectivity index (χ4n) is 6.11. The van der Waals surface area contributed by atoms with Crippen LogP contribution in [0.5, 0.6) is 28.7 Å². The fourth-order valence-corrected chi connectivity index (χ4v) is 6.11. The first-order valence-electron chi connectivity index (χ1n) is 15.0. The number of nitrogens with one attached hydrogen (secondary N) is 1. The second-order valence-electron chi connectivity index (χ2n) is 11.2. The van der Waals surface area contributed by atoms with Crippen LogP contribution in [0.3, 0.4) is 0 Å². The Morgan fingerprint density at radius 2 is 1.85 bits per heavy atom. The van der Waals surface area contributed by atoms with E-state index in [-0.39, 0.29) is 30.4 Å². The Morgan fingerprint density at radius 3 is 2.72 bits per heavy atom. The second-order valence-corrected chi connectivity index (χ2v) is 11.2. The number of hydrogen-bond acceptors (Lipinski definition) is 8. The van der Waals surface area contributed by atoms with Gasteiger partial charge < -0.3 is 34.0 Å². The number of para-hydroxylation sites is 2. The molecule has 11 heteroatoms. The van der Waals surface area contributed by atoms with E-state index in [4.69, 9.17) is 18.6 Å². The lowest BCUT2D eigenvalue weighted by atomic mass is 9.87. The van der Waals surface area contributed by atoms with Gasteiger partial charge in [-0.3, -0.25) is 14.2 Å². The van der Waals surface area contributed by atoms with Gasteiger partial charge in [0.05, 0.1) is 30.8 Å². The summed E-state index contributed by atoms with van der Waals surface area (Å²) in [4.78, 5) is 41.4. The van der Waals surface area contributed by atoms with Crippen molar-refractivity contribution in [1.29, 1.82) is 0 Å². The molecule has 4 aromatic carbocycles. The maximum absolute atomic E-state index is 14.1. The molecular formula is C35H31N3O8. The highest BCUT2D eigenvalue weighted by Crippen LogP contribution is 2.41. The van der Waals surface area contributed by atoms with Crippen molar-refractivity contribution in [3.05, 3.63) is 112 Å². The average molecular weight is 622 g/mol. The van der Waals surface area contributed by atoms with E-state index in [1.165, 1.54) is 16.7 Å². The lowest BCUT2D eigenvalue weighted by Crippen LogP contribution is -2.43. The van der Waals surface area contributed by atoms with Gasteiger partial charge in [0.2, 0.25) is 5.91 Å². The van der Waals surface area contributed by atoms with Crippen molar-refractivity contribution in [2.45, 2.75) is 25.4 Å². The SMILES string of the molecule is COc1ccc2cc1OCCCNC(=O)c1cc(ccc1O)Oc1ccc3c(c1)CCN(C(=O)Cn1c(=O)oc4ccccc41)C23. The maximum atomic E-state index is 14.1. The second kappa shape index (κ2) is 12.0. The van der Waals surface area contributed by atoms with E-state index in [1.54, 1.807) is 42.3 Å². The smallest absolute Gasteiger partial charge is 0.420 e. The van der Waals surface area contributed by atoms with Crippen LogP contribution in [0.2, 0.25) is 0 Å². The van der Waals surface area contributed by atoms with Gasteiger partial charge in [-0.15, -0.1) is 0 Å². The van der Waals surface area contributed by atoms with E-state index in [9.17, 15) is 19.5 Å². The molecule has 0 fully saturated rings. The molecule has 1 aromatic heterocycles. The Balaban J connectivity index is 1.31. The molecule has 2 amide bonds. The number of nitrogens with zero attached hydrogens (tertiary/aromatic N) is 2. The Hall–Kier alpha value is -5.71. The van der Waals surface area contributed by atoms with Gasteiger partial charge in [-0.25, -0.2) is 4.79 Å². The number of benzene rings is 4. The third-order valence-electron chi connectivity index (χ3n) is 8.35. The van der Waals surface area contributed by atoms with Crippen LogP contribution in [0.25, 0.3) is 11.1 Å². The quantitative estimate of drug-likeness (QED) is 0.294. The number of ether oxygens (including phenoxy) is 3. The van der Waals surface area contributed by atoms with Gasteiger partial charge in [0.1, 0.15) is 23.8 Å². The lowest BCUT2D eigenvalue weighted by Gasteiger charge is -2.38. The number of aromatic hydroxyl groups is 1. The summed E-state index contributed by atoms with van der Waals surface area (Å²) in [6.07, 6.45) is 1.03. The first-order chi connectivity index (χ1) is 22.4. The third-order valence-corrected chi connectivity index (χ3v) is 8.35. The number of oxazole rings is 1. The summed E-state index contributed by atoms with van der Waals surface area (Å²) >= 11 is 0. The van der Waals surface area contributed by atoms with Crippen LogP contribution in [0.4, 0.5) is 0 Å². The Kier molecular flexibility index (Phi) is 7.57. The minimum absolute atomic E-state index is 0.102. The number of fused-ring (bicyclic) bond motifs is 7. The number of hydrogen-bond donors (Lipinski definition) is 2. The molecule has 234 valence electrons. The molecule has 5 aromatic rings. The van der Waals surface area contributed by atoms with Crippen LogP contribution in [-0.4, -0.2) is 53.2 Å². The summed E-state index contributed by atoms with van der Waals surface area (Å²) in [6.45, 7) is 0.787. The van der Waals surface area contributed by atoms with E-state index < -0.39 is 17.7 Å². The van der Waals surface area contributed by atoms with Crippen LogP contribution >= 0.6 is 0 Å². The minimum atomic E-state index is -0.591. The van der Waals surface area contributed by atoms with Crippen molar-refractivity contribution in [2.24, 2.45) is 0 Å².